The second-order valence-corrected chi connectivity index (χ2v) is 1.55. The van der Waals surface area contributed by atoms with Gasteiger partial charge < -0.3 is 10.2 Å². The number of carbonyl (C=O) groups is 2. The van der Waals surface area contributed by atoms with Crippen molar-refractivity contribution >= 4 is 11.9 Å². The average molecular weight is 176 g/mol. The summed E-state index contributed by atoms with van der Waals surface area (Å²) in [7, 11) is 0. The van der Waals surface area contributed by atoms with E-state index in [4.69, 9.17) is 10.2 Å². The molecule has 4 nitrogen and oxygen atoms in total. The van der Waals surface area contributed by atoms with Crippen LogP contribution in [0.1, 0.15) is 6.92 Å². The van der Waals surface area contributed by atoms with Gasteiger partial charge in [-0.05, 0) is 6.92 Å². The highest BCUT2D eigenvalue weighted by atomic mass is 19.1. The van der Waals surface area contributed by atoms with Gasteiger partial charge in [-0.25, -0.2) is 9.59 Å². The van der Waals surface area contributed by atoms with Crippen LogP contribution in [0.4, 0.5) is 4.39 Å². The summed E-state index contributed by atoms with van der Waals surface area (Å²) in [6.07, 6.45) is 2.56. The Bertz CT molecular complexity index is 195. The first-order valence-electron chi connectivity index (χ1n) is 2.85. The minimum atomic E-state index is -1.60. The number of rotatable bonds is 2. The Hall–Kier alpha value is -1.65. The molecule has 0 aromatic carbocycles. The largest absolute Gasteiger partial charge is 0.478 e. The summed E-state index contributed by atoms with van der Waals surface area (Å²) >= 11 is 0. The van der Waals surface area contributed by atoms with Gasteiger partial charge in [-0.3, -0.25) is 0 Å². The Morgan fingerprint density at radius 1 is 1.42 bits per heavy atom. The molecule has 0 aliphatic heterocycles. The molecule has 0 amide bonds. The van der Waals surface area contributed by atoms with E-state index in [2.05, 4.69) is 6.58 Å². The van der Waals surface area contributed by atoms with Crippen LogP contribution < -0.4 is 0 Å². The molecule has 5 heteroatoms. The molecular formula is C7H9FO4. The zero-order valence-electron chi connectivity index (χ0n) is 6.45. The summed E-state index contributed by atoms with van der Waals surface area (Å²) in [5.74, 6) is -3.82. The summed E-state index contributed by atoms with van der Waals surface area (Å²) in [4.78, 5) is 18.7. The van der Waals surface area contributed by atoms with Crippen molar-refractivity contribution < 1.29 is 24.2 Å². The topological polar surface area (TPSA) is 74.6 Å². The van der Waals surface area contributed by atoms with Crippen LogP contribution in [0.15, 0.2) is 24.6 Å². The van der Waals surface area contributed by atoms with Crippen LogP contribution in [0.5, 0.6) is 0 Å². The predicted molar refractivity (Wildman–Crippen MR) is 40.3 cm³/mol. The molecular weight excluding hydrogens is 167 g/mol. The number of carboxylic acids is 2. The van der Waals surface area contributed by atoms with E-state index in [0.717, 1.165) is 6.08 Å². The van der Waals surface area contributed by atoms with Crippen LogP contribution in [-0.2, 0) is 9.59 Å². The highest BCUT2D eigenvalue weighted by molar-refractivity contribution is 5.83. The molecule has 0 heterocycles. The molecule has 0 rings (SSSR count). The van der Waals surface area contributed by atoms with Gasteiger partial charge in [0, 0.05) is 6.08 Å². The van der Waals surface area contributed by atoms with E-state index in [-0.39, 0.29) is 0 Å². The first-order valence-corrected chi connectivity index (χ1v) is 2.85. The highest BCUT2D eigenvalue weighted by Gasteiger charge is 1.96. The maximum absolute atomic E-state index is 11.0. The lowest BCUT2D eigenvalue weighted by Crippen LogP contribution is -1.90. The minimum absolute atomic E-state index is 0.891. The van der Waals surface area contributed by atoms with Crippen molar-refractivity contribution in [1.29, 1.82) is 0 Å². The van der Waals surface area contributed by atoms with E-state index in [1.54, 1.807) is 6.92 Å². The molecule has 0 atom stereocenters. The molecule has 0 saturated carbocycles. The first kappa shape index (κ1) is 13.0. The minimum Gasteiger partial charge on any atom is -0.478 e. The van der Waals surface area contributed by atoms with Gasteiger partial charge in [0.2, 0.25) is 5.83 Å². The van der Waals surface area contributed by atoms with Crippen molar-refractivity contribution in [2.75, 3.05) is 0 Å². The zero-order valence-corrected chi connectivity index (χ0v) is 6.45. The molecule has 68 valence electrons. The van der Waals surface area contributed by atoms with Crippen molar-refractivity contribution in [2.24, 2.45) is 0 Å². The normalized spacial score (nSPS) is 8.50. The molecule has 0 bridgehead atoms. The molecule has 0 radical (unpaired) electrons. The fraction of sp³-hybridized carbons (Fsp3) is 0.143. The van der Waals surface area contributed by atoms with Gasteiger partial charge in [0.1, 0.15) is 0 Å². The van der Waals surface area contributed by atoms with Crippen molar-refractivity contribution in [2.45, 2.75) is 6.92 Å². The monoisotopic (exact) mass is 176 g/mol. The number of aliphatic carboxylic acids is 2. The van der Waals surface area contributed by atoms with Gasteiger partial charge in [0.25, 0.3) is 0 Å². The second-order valence-electron chi connectivity index (χ2n) is 1.55. The molecule has 12 heavy (non-hydrogen) atoms. The fourth-order valence-electron chi connectivity index (χ4n) is 0.143. The van der Waals surface area contributed by atoms with Gasteiger partial charge >= 0.3 is 11.9 Å². The Morgan fingerprint density at radius 2 is 1.75 bits per heavy atom. The van der Waals surface area contributed by atoms with Crippen molar-refractivity contribution in [3.63, 3.8) is 0 Å². The summed E-state index contributed by atoms with van der Waals surface area (Å²) in [5, 5.41) is 15.3. The summed E-state index contributed by atoms with van der Waals surface area (Å²) in [5.41, 5.74) is 0. The van der Waals surface area contributed by atoms with Crippen LogP contribution >= 0.6 is 0 Å². The molecule has 2 N–H and O–H groups in total. The number of carboxylic acid groups (broad SMARTS) is 2. The Labute approximate surface area is 68.6 Å². The van der Waals surface area contributed by atoms with Gasteiger partial charge in [-0.2, -0.15) is 4.39 Å². The third-order valence-electron chi connectivity index (χ3n) is 0.541. The molecule has 0 aromatic heterocycles. The van der Waals surface area contributed by atoms with E-state index in [0.29, 0.717) is 0 Å². The van der Waals surface area contributed by atoms with Gasteiger partial charge in [0.05, 0.1) is 0 Å². The third kappa shape index (κ3) is 15.8. The summed E-state index contributed by atoms with van der Waals surface area (Å²) in [6.45, 7) is 4.15. The van der Waals surface area contributed by atoms with Gasteiger partial charge in [-0.1, -0.05) is 12.7 Å². The van der Waals surface area contributed by atoms with Crippen LogP contribution in [0.25, 0.3) is 0 Å². The summed E-state index contributed by atoms with van der Waals surface area (Å²) in [6, 6.07) is 0. The molecule has 0 spiro atoms. The Balaban J connectivity index is 0. The first-order chi connectivity index (χ1) is 5.41. The van der Waals surface area contributed by atoms with E-state index < -0.39 is 17.8 Å². The van der Waals surface area contributed by atoms with E-state index in [1.165, 1.54) is 6.08 Å². The Kier molecular flexibility index (Phi) is 8.06. The maximum atomic E-state index is 11.0. The van der Waals surface area contributed by atoms with Gasteiger partial charge in [-0.15, -0.1) is 0 Å². The van der Waals surface area contributed by atoms with E-state index in [9.17, 15) is 14.0 Å². The average Bonchev–Trinajstić information content (AvgIpc) is 1.87. The number of halogens is 1. The number of allylic oxidation sites excluding steroid dienone is 1. The van der Waals surface area contributed by atoms with E-state index in [1.807, 2.05) is 0 Å². The fourth-order valence-corrected chi connectivity index (χ4v) is 0.143. The van der Waals surface area contributed by atoms with E-state index >= 15 is 0 Å². The molecule has 0 aliphatic carbocycles. The molecule has 0 unspecified atom stereocenters. The lowest BCUT2D eigenvalue weighted by molar-refractivity contribution is -0.134. The SMILES string of the molecule is C/C=C/C(=O)O.C=C(F)C(=O)O. The third-order valence-corrected chi connectivity index (χ3v) is 0.541. The number of hydrogen-bond donors (Lipinski definition) is 2. The summed E-state index contributed by atoms with van der Waals surface area (Å²) < 4.78 is 11.0. The molecule has 0 saturated heterocycles. The van der Waals surface area contributed by atoms with Crippen LogP contribution in [-0.4, -0.2) is 22.2 Å². The van der Waals surface area contributed by atoms with Crippen LogP contribution in [0.3, 0.4) is 0 Å². The van der Waals surface area contributed by atoms with Crippen molar-refractivity contribution in [3.8, 4) is 0 Å². The standard InChI is InChI=1S/C4H6O2.C3H3FO2/c1-2-3-4(5)6;1-2(4)3(5)6/h2-3H,1H3,(H,5,6);1H2,(H,5,6)/b3-2+;. The van der Waals surface area contributed by atoms with Gasteiger partial charge in [0.15, 0.2) is 0 Å². The molecule has 0 aliphatic rings. The Morgan fingerprint density at radius 3 is 1.75 bits per heavy atom. The highest BCUT2D eigenvalue weighted by Crippen LogP contribution is 1.86. The molecule has 0 aromatic rings. The quantitative estimate of drug-likeness (QED) is 0.620. The lowest BCUT2D eigenvalue weighted by atomic mass is 10.5. The number of hydrogen-bond acceptors (Lipinski definition) is 2. The van der Waals surface area contributed by atoms with Crippen LogP contribution in [0, 0.1) is 0 Å². The second kappa shape index (κ2) is 7.46. The van der Waals surface area contributed by atoms with Crippen molar-refractivity contribution in [1.82, 2.24) is 0 Å². The van der Waals surface area contributed by atoms with Crippen molar-refractivity contribution in [3.05, 3.63) is 24.6 Å². The maximum Gasteiger partial charge on any atom is 0.364 e. The predicted octanol–water partition coefficient (Wildman–Crippen LogP) is 1.20. The zero-order chi connectivity index (χ0) is 10.1. The lowest BCUT2D eigenvalue weighted by Gasteiger charge is -1.75. The smallest absolute Gasteiger partial charge is 0.364 e. The molecule has 0 fully saturated rings. The van der Waals surface area contributed by atoms with Crippen LogP contribution in [0.2, 0.25) is 0 Å².